The van der Waals surface area contributed by atoms with Gasteiger partial charge in [-0.15, -0.1) is 0 Å². The highest BCUT2D eigenvalue weighted by atomic mass is 16.3. The van der Waals surface area contributed by atoms with E-state index in [1.807, 2.05) is 6.92 Å². The molecule has 0 radical (unpaired) electrons. The van der Waals surface area contributed by atoms with Crippen molar-refractivity contribution in [2.24, 2.45) is 11.3 Å². The zero-order chi connectivity index (χ0) is 8.82. The van der Waals surface area contributed by atoms with Gasteiger partial charge in [-0.2, -0.15) is 0 Å². The second-order valence-electron chi connectivity index (χ2n) is 5.17. The third kappa shape index (κ3) is 0.953. The molecule has 1 nitrogen and oxygen atoms in total. The Morgan fingerprint density at radius 3 is 2.08 bits per heavy atom. The Kier molecular flexibility index (Phi) is 1.76. The molecule has 0 spiro atoms. The second kappa shape index (κ2) is 2.47. The Morgan fingerprint density at radius 2 is 1.75 bits per heavy atom. The molecule has 0 aromatic carbocycles. The Morgan fingerprint density at radius 1 is 1.08 bits per heavy atom. The Hall–Kier alpha value is -0.0400. The van der Waals surface area contributed by atoms with Crippen molar-refractivity contribution in [3.8, 4) is 0 Å². The monoisotopic (exact) mass is 168 g/mol. The minimum Gasteiger partial charge on any atom is -0.390 e. The summed E-state index contributed by atoms with van der Waals surface area (Å²) < 4.78 is 0. The first-order valence-electron chi connectivity index (χ1n) is 5.29. The average Bonchev–Trinajstić information content (AvgIpc) is 2.03. The van der Waals surface area contributed by atoms with Crippen LogP contribution in [0.2, 0.25) is 0 Å². The van der Waals surface area contributed by atoms with Crippen molar-refractivity contribution >= 4 is 0 Å². The summed E-state index contributed by atoms with van der Waals surface area (Å²) in [7, 11) is 0. The first-order chi connectivity index (χ1) is 5.56. The van der Waals surface area contributed by atoms with E-state index in [0.29, 0.717) is 0 Å². The topological polar surface area (TPSA) is 20.2 Å². The summed E-state index contributed by atoms with van der Waals surface area (Å²) in [4.78, 5) is 0. The molecule has 0 aliphatic heterocycles. The van der Waals surface area contributed by atoms with Crippen LogP contribution in [-0.2, 0) is 0 Å². The van der Waals surface area contributed by atoms with Crippen LogP contribution in [0.5, 0.6) is 0 Å². The summed E-state index contributed by atoms with van der Waals surface area (Å²) >= 11 is 0. The summed E-state index contributed by atoms with van der Waals surface area (Å²) in [6, 6.07) is 0. The molecule has 0 aromatic heterocycles. The number of rotatable bonds is 1. The van der Waals surface area contributed by atoms with Crippen LogP contribution < -0.4 is 0 Å². The third-order valence-corrected chi connectivity index (χ3v) is 4.60. The smallest absolute Gasteiger partial charge is 0.0675 e. The fourth-order valence-corrected chi connectivity index (χ4v) is 3.04. The quantitative estimate of drug-likeness (QED) is 0.638. The molecular formula is C11H20O. The van der Waals surface area contributed by atoms with E-state index in [9.17, 15) is 5.11 Å². The molecule has 2 aliphatic carbocycles. The van der Waals surface area contributed by atoms with E-state index in [-0.39, 0.29) is 11.0 Å². The van der Waals surface area contributed by atoms with Gasteiger partial charge in [0.1, 0.15) is 0 Å². The summed E-state index contributed by atoms with van der Waals surface area (Å²) in [5.74, 6) is 0.815. The summed E-state index contributed by atoms with van der Waals surface area (Å²) in [5.41, 5.74) is -0.136. The van der Waals surface area contributed by atoms with E-state index in [4.69, 9.17) is 0 Å². The third-order valence-electron chi connectivity index (χ3n) is 4.60. The summed E-state index contributed by atoms with van der Waals surface area (Å²) in [6.07, 6.45) is 7.57. The van der Waals surface area contributed by atoms with Gasteiger partial charge in [0, 0.05) is 0 Å². The molecule has 12 heavy (non-hydrogen) atoms. The second-order valence-corrected chi connectivity index (χ2v) is 5.17. The van der Waals surface area contributed by atoms with Crippen molar-refractivity contribution in [1.29, 1.82) is 0 Å². The maximum absolute atomic E-state index is 10.2. The van der Waals surface area contributed by atoms with Crippen molar-refractivity contribution in [2.75, 3.05) is 0 Å². The molecule has 0 amide bonds. The Balaban J connectivity index is 2.17. The van der Waals surface area contributed by atoms with Crippen molar-refractivity contribution < 1.29 is 5.11 Å². The van der Waals surface area contributed by atoms with Crippen molar-refractivity contribution in [3.63, 3.8) is 0 Å². The van der Waals surface area contributed by atoms with E-state index in [1.54, 1.807) is 0 Å². The van der Waals surface area contributed by atoms with Gasteiger partial charge in [-0.25, -0.2) is 0 Å². The lowest BCUT2D eigenvalue weighted by atomic mass is 9.60. The SMILES string of the molecule is CC1(O)CCCC1(C)C1CCC1. The lowest BCUT2D eigenvalue weighted by Crippen LogP contribution is -2.46. The van der Waals surface area contributed by atoms with Gasteiger partial charge in [0.15, 0.2) is 0 Å². The van der Waals surface area contributed by atoms with Crippen LogP contribution in [0.4, 0.5) is 0 Å². The maximum Gasteiger partial charge on any atom is 0.0675 e. The Labute approximate surface area is 75.2 Å². The van der Waals surface area contributed by atoms with Crippen LogP contribution in [0.15, 0.2) is 0 Å². The van der Waals surface area contributed by atoms with Gasteiger partial charge in [0.2, 0.25) is 0 Å². The predicted molar refractivity (Wildman–Crippen MR) is 49.9 cm³/mol. The highest BCUT2D eigenvalue weighted by molar-refractivity contribution is 5.03. The van der Waals surface area contributed by atoms with E-state index < -0.39 is 0 Å². The standard InChI is InChI=1S/C11H20O/c1-10(9-5-3-6-9)7-4-8-11(10,2)12/h9,12H,3-8H2,1-2H3. The zero-order valence-electron chi connectivity index (χ0n) is 8.27. The molecule has 2 unspecified atom stereocenters. The molecule has 2 rings (SSSR count). The van der Waals surface area contributed by atoms with E-state index in [0.717, 1.165) is 12.3 Å². The van der Waals surface area contributed by atoms with Crippen LogP contribution in [-0.4, -0.2) is 10.7 Å². The first kappa shape index (κ1) is 8.55. The summed E-state index contributed by atoms with van der Waals surface area (Å²) in [5, 5.41) is 10.2. The van der Waals surface area contributed by atoms with Crippen LogP contribution in [0.25, 0.3) is 0 Å². The maximum atomic E-state index is 10.2. The van der Waals surface area contributed by atoms with E-state index >= 15 is 0 Å². The molecule has 0 heterocycles. The van der Waals surface area contributed by atoms with Crippen LogP contribution in [0.1, 0.15) is 52.4 Å². The first-order valence-corrected chi connectivity index (χ1v) is 5.29. The lowest BCUT2D eigenvalue weighted by Gasteiger charge is -2.47. The minimum absolute atomic E-state index is 0.241. The van der Waals surface area contributed by atoms with Crippen molar-refractivity contribution in [1.82, 2.24) is 0 Å². The van der Waals surface area contributed by atoms with Gasteiger partial charge in [0.25, 0.3) is 0 Å². The number of hydrogen-bond donors (Lipinski definition) is 1. The summed E-state index contributed by atoms with van der Waals surface area (Å²) in [6.45, 7) is 4.34. The highest BCUT2D eigenvalue weighted by Crippen LogP contribution is 2.56. The zero-order valence-corrected chi connectivity index (χ0v) is 8.27. The van der Waals surface area contributed by atoms with Crippen molar-refractivity contribution in [3.05, 3.63) is 0 Å². The van der Waals surface area contributed by atoms with Crippen LogP contribution >= 0.6 is 0 Å². The molecule has 2 saturated carbocycles. The van der Waals surface area contributed by atoms with Gasteiger partial charge in [0.05, 0.1) is 5.60 Å². The van der Waals surface area contributed by atoms with Gasteiger partial charge in [-0.3, -0.25) is 0 Å². The number of aliphatic hydroxyl groups is 1. The van der Waals surface area contributed by atoms with Gasteiger partial charge in [-0.05, 0) is 50.4 Å². The largest absolute Gasteiger partial charge is 0.390 e. The molecule has 0 aromatic rings. The number of hydrogen-bond acceptors (Lipinski definition) is 1. The normalized spacial score (nSPS) is 49.2. The van der Waals surface area contributed by atoms with E-state index in [1.165, 1.54) is 32.1 Å². The highest BCUT2D eigenvalue weighted by Gasteiger charge is 2.52. The lowest BCUT2D eigenvalue weighted by molar-refractivity contribution is -0.0880. The molecule has 2 atom stereocenters. The van der Waals surface area contributed by atoms with Gasteiger partial charge in [-0.1, -0.05) is 13.3 Å². The molecule has 2 fully saturated rings. The molecule has 70 valence electrons. The molecule has 1 N–H and O–H groups in total. The average molecular weight is 168 g/mol. The Bertz CT molecular complexity index is 181. The van der Waals surface area contributed by atoms with E-state index in [2.05, 4.69) is 6.92 Å². The fourth-order valence-electron chi connectivity index (χ4n) is 3.04. The fraction of sp³-hybridized carbons (Fsp3) is 1.00. The molecule has 0 bridgehead atoms. The minimum atomic E-state index is -0.377. The van der Waals surface area contributed by atoms with Gasteiger partial charge < -0.3 is 5.11 Å². The molecule has 0 saturated heterocycles. The molecular weight excluding hydrogens is 148 g/mol. The molecule has 1 heteroatoms. The predicted octanol–water partition coefficient (Wildman–Crippen LogP) is 2.73. The molecule has 2 aliphatic rings. The van der Waals surface area contributed by atoms with Crippen LogP contribution in [0.3, 0.4) is 0 Å². The van der Waals surface area contributed by atoms with Crippen LogP contribution in [0, 0.1) is 11.3 Å². The van der Waals surface area contributed by atoms with Crippen molar-refractivity contribution in [2.45, 2.75) is 58.0 Å². The van der Waals surface area contributed by atoms with Gasteiger partial charge >= 0.3 is 0 Å².